The van der Waals surface area contributed by atoms with E-state index in [0.29, 0.717) is 10.9 Å². The van der Waals surface area contributed by atoms with Gasteiger partial charge in [-0.2, -0.15) is 4.98 Å². The minimum absolute atomic E-state index is 0.229. The Morgan fingerprint density at radius 2 is 2.24 bits per heavy atom. The highest BCUT2D eigenvalue weighted by Gasteiger charge is 2.14. The van der Waals surface area contributed by atoms with Crippen LogP contribution in [0.25, 0.3) is 11.5 Å². The number of halogens is 1. The lowest BCUT2D eigenvalue weighted by Gasteiger charge is -1.99. The molecule has 90 valence electrons. The first-order chi connectivity index (χ1) is 8.10. The first-order valence-electron chi connectivity index (χ1n) is 5.08. The van der Waals surface area contributed by atoms with Gasteiger partial charge in [-0.25, -0.2) is 0 Å². The van der Waals surface area contributed by atoms with Crippen molar-refractivity contribution in [3.05, 3.63) is 34.6 Å². The molecular weight excluding hydrogens is 242 g/mol. The molecule has 1 atom stereocenters. The summed E-state index contributed by atoms with van der Waals surface area (Å²) in [6.07, 6.45) is 0. The maximum Gasteiger partial charge on any atom is 0.258 e. The van der Waals surface area contributed by atoms with Crippen LogP contribution < -0.4 is 5.73 Å². The van der Waals surface area contributed by atoms with Crippen molar-refractivity contribution in [1.82, 2.24) is 10.1 Å². The summed E-state index contributed by atoms with van der Waals surface area (Å²) in [4.78, 5) is 4.11. The maximum absolute atomic E-state index is 8.89. The summed E-state index contributed by atoms with van der Waals surface area (Å²) in [5.41, 5.74) is 7.32. The number of rotatable bonds is 3. The second-order valence-electron chi connectivity index (χ2n) is 3.76. The molecule has 0 aliphatic heterocycles. The molecule has 5 nitrogen and oxygen atoms in total. The highest BCUT2D eigenvalue weighted by atomic mass is 35.5. The maximum atomic E-state index is 8.89. The van der Waals surface area contributed by atoms with Gasteiger partial charge in [0.2, 0.25) is 0 Å². The van der Waals surface area contributed by atoms with Gasteiger partial charge < -0.3 is 15.4 Å². The third kappa shape index (κ3) is 2.63. The minimum atomic E-state index is -0.632. The third-order valence-corrected chi connectivity index (χ3v) is 2.48. The Labute approximate surface area is 103 Å². The average molecular weight is 254 g/mol. The summed E-state index contributed by atoms with van der Waals surface area (Å²) in [5, 5.41) is 13.2. The normalized spacial score (nSPS) is 12.7. The monoisotopic (exact) mass is 253 g/mol. The number of aromatic nitrogens is 2. The van der Waals surface area contributed by atoms with E-state index < -0.39 is 6.04 Å². The van der Waals surface area contributed by atoms with Crippen LogP contribution >= 0.6 is 11.6 Å². The Hall–Kier alpha value is -1.43. The van der Waals surface area contributed by atoms with Crippen LogP contribution in [0.3, 0.4) is 0 Å². The minimum Gasteiger partial charge on any atom is -0.394 e. The van der Waals surface area contributed by atoms with Gasteiger partial charge in [0.05, 0.1) is 12.6 Å². The van der Waals surface area contributed by atoms with Crippen molar-refractivity contribution in [1.29, 1.82) is 0 Å². The summed E-state index contributed by atoms with van der Waals surface area (Å²) in [5.74, 6) is 0.620. The van der Waals surface area contributed by atoms with Crippen LogP contribution in [0.15, 0.2) is 22.7 Å². The van der Waals surface area contributed by atoms with E-state index in [2.05, 4.69) is 10.1 Å². The molecule has 1 unspecified atom stereocenters. The quantitative estimate of drug-likeness (QED) is 0.869. The van der Waals surface area contributed by atoms with E-state index in [1.54, 1.807) is 6.07 Å². The van der Waals surface area contributed by atoms with Gasteiger partial charge in [-0.1, -0.05) is 16.8 Å². The summed E-state index contributed by atoms with van der Waals surface area (Å²) in [6, 6.07) is 4.82. The lowest BCUT2D eigenvalue weighted by atomic mass is 10.1. The van der Waals surface area contributed by atoms with Crippen molar-refractivity contribution in [3.63, 3.8) is 0 Å². The zero-order chi connectivity index (χ0) is 12.4. The van der Waals surface area contributed by atoms with E-state index in [1.165, 1.54) is 0 Å². The highest BCUT2D eigenvalue weighted by molar-refractivity contribution is 6.30. The number of aliphatic hydroxyl groups excluding tert-OH is 1. The predicted octanol–water partition coefficient (Wildman–Crippen LogP) is 1.69. The molecule has 0 saturated heterocycles. The Morgan fingerprint density at radius 1 is 1.47 bits per heavy atom. The topological polar surface area (TPSA) is 85.2 Å². The van der Waals surface area contributed by atoms with Crippen LogP contribution in [0.4, 0.5) is 0 Å². The molecule has 0 spiro atoms. The molecule has 17 heavy (non-hydrogen) atoms. The fourth-order valence-corrected chi connectivity index (χ4v) is 1.73. The number of nitrogens with zero attached hydrogens (tertiary/aromatic N) is 2. The van der Waals surface area contributed by atoms with Gasteiger partial charge in [0, 0.05) is 10.6 Å². The highest BCUT2D eigenvalue weighted by Crippen LogP contribution is 2.23. The van der Waals surface area contributed by atoms with Crippen LogP contribution in [0.5, 0.6) is 0 Å². The molecule has 2 aromatic rings. The molecule has 0 fully saturated rings. The first kappa shape index (κ1) is 12.0. The zero-order valence-corrected chi connectivity index (χ0v) is 9.98. The molecule has 0 bridgehead atoms. The number of hydrogen-bond donors (Lipinski definition) is 2. The van der Waals surface area contributed by atoms with E-state index in [4.69, 9.17) is 27.0 Å². The number of hydrogen-bond acceptors (Lipinski definition) is 5. The molecule has 6 heteroatoms. The Kier molecular flexibility index (Phi) is 3.42. The van der Waals surface area contributed by atoms with Crippen molar-refractivity contribution in [3.8, 4) is 11.5 Å². The number of aryl methyl sites for hydroxylation is 1. The predicted molar refractivity (Wildman–Crippen MR) is 63.5 cm³/mol. The Morgan fingerprint density at radius 3 is 2.88 bits per heavy atom. The van der Waals surface area contributed by atoms with E-state index in [0.717, 1.165) is 11.1 Å². The molecule has 0 radical (unpaired) electrons. The molecule has 3 N–H and O–H groups in total. The Balaban J connectivity index is 2.36. The number of benzene rings is 1. The largest absolute Gasteiger partial charge is 0.394 e. The first-order valence-corrected chi connectivity index (χ1v) is 5.45. The lowest BCUT2D eigenvalue weighted by Crippen LogP contribution is -2.15. The smallest absolute Gasteiger partial charge is 0.258 e. The molecule has 1 aromatic heterocycles. The van der Waals surface area contributed by atoms with E-state index >= 15 is 0 Å². The van der Waals surface area contributed by atoms with Crippen LogP contribution in [-0.4, -0.2) is 21.9 Å². The third-order valence-electron chi connectivity index (χ3n) is 2.26. The molecule has 0 saturated carbocycles. The average Bonchev–Trinajstić information content (AvgIpc) is 2.76. The molecule has 1 aromatic carbocycles. The van der Waals surface area contributed by atoms with Crippen molar-refractivity contribution in [2.75, 3.05) is 6.61 Å². The van der Waals surface area contributed by atoms with Crippen LogP contribution in [0.2, 0.25) is 5.02 Å². The van der Waals surface area contributed by atoms with Crippen molar-refractivity contribution >= 4 is 11.6 Å². The summed E-state index contributed by atoms with van der Waals surface area (Å²) >= 11 is 5.94. The zero-order valence-electron chi connectivity index (χ0n) is 9.22. The summed E-state index contributed by atoms with van der Waals surface area (Å²) in [6.45, 7) is 1.69. The molecule has 1 heterocycles. The van der Waals surface area contributed by atoms with Crippen LogP contribution in [0, 0.1) is 6.92 Å². The van der Waals surface area contributed by atoms with Gasteiger partial charge in [-0.3, -0.25) is 0 Å². The van der Waals surface area contributed by atoms with Crippen molar-refractivity contribution in [2.45, 2.75) is 13.0 Å². The van der Waals surface area contributed by atoms with E-state index in [1.807, 2.05) is 19.1 Å². The summed E-state index contributed by atoms with van der Waals surface area (Å²) in [7, 11) is 0. The second-order valence-corrected chi connectivity index (χ2v) is 4.20. The number of nitrogens with two attached hydrogens (primary N) is 1. The molecule has 0 amide bonds. The molecule has 0 aliphatic carbocycles. The second kappa shape index (κ2) is 4.83. The molecule has 2 rings (SSSR count). The standard InChI is InChI=1S/C11H12ClN3O2/c1-6-2-7(4-8(12)3-6)11-14-10(15-17-11)9(13)5-16/h2-4,9,16H,5,13H2,1H3. The molecule has 0 aliphatic rings. The number of aliphatic hydroxyl groups is 1. The lowest BCUT2D eigenvalue weighted by molar-refractivity contribution is 0.260. The van der Waals surface area contributed by atoms with Gasteiger partial charge in [0.25, 0.3) is 5.89 Å². The SMILES string of the molecule is Cc1cc(Cl)cc(-c2nc(C(N)CO)no2)c1. The summed E-state index contributed by atoms with van der Waals surface area (Å²) < 4.78 is 5.07. The fourth-order valence-electron chi connectivity index (χ4n) is 1.44. The van der Waals surface area contributed by atoms with Crippen LogP contribution in [-0.2, 0) is 0 Å². The van der Waals surface area contributed by atoms with Gasteiger partial charge >= 0.3 is 0 Å². The van der Waals surface area contributed by atoms with Gasteiger partial charge in [0.15, 0.2) is 5.82 Å². The van der Waals surface area contributed by atoms with E-state index in [-0.39, 0.29) is 12.4 Å². The van der Waals surface area contributed by atoms with Crippen LogP contribution in [0.1, 0.15) is 17.4 Å². The van der Waals surface area contributed by atoms with Gasteiger partial charge in [-0.05, 0) is 30.7 Å². The van der Waals surface area contributed by atoms with Crippen molar-refractivity contribution < 1.29 is 9.63 Å². The fraction of sp³-hybridized carbons (Fsp3) is 0.273. The van der Waals surface area contributed by atoms with E-state index in [9.17, 15) is 0 Å². The van der Waals surface area contributed by atoms with Crippen molar-refractivity contribution in [2.24, 2.45) is 5.73 Å². The van der Waals surface area contributed by atoms with Gasteiger partial charge in [0.1, 0.15) is 0 Å². The Bertz CT molecular complexity index is 507. The molecular formula is C11H12ClN3O2. The van der Waals surface area contributed by atoms with Gasteiger partial charge in [-0.15, -0.1) is 0 Å².